The average molecular weight is 421 g/mol. The van der Waals surface area contributed by atoms with Gasteiger partial charge in [-0.05, 0) is 62.6 Å². The van der Waals surface area contributed by atoms with Gasteiger partial charge >= 0.3 is 0 Å². The van der Waals surface area contributed by atoms with Gasteiger partial charge in [0.2, 0.25) is 5.91 Å². The summed E-state index contributed by atoms with van der Waals surface area (Å²) in [4.78, 5) is 28.9. The van der Waals surface area contributed by atoms with Crippen LogP contribution in [0.5, 0.6) is 0 Å². The SMILES string of the molecule is Cc1ccccc1C(=O)N1[C@H](C(=O)N[C@@H](C)c2ccccc2)COC12CCC(C)CC2. The van der Waals surface area contributed by atoms with Crippen LogP contribution < -0.4 is 5.32 Å². The number of nitrogens with one attached hydrogen (secondary N) is 1. The quantitative estimate of drug-likeness (QED) is 0.785. The van der Waals surface area contributed by atoms with Crippen molar-refractivity contribution in [3.63, 3.8) is 0 Å². The van der Waals surface area contributed by atoms with Crippen molar-refractivity contribution in [3.05, 3.63) is 71.3 Å². The maximum atomic E-state index is 13.8. The van der Waals surface area contributed by atoms with Gasteiger partial charge in [-0.15, -0.1) is 0 Å². The molecule has 0 radical (unpaired) electrons. The van der Waals surface area contributed by atoms with Crippen molar-refractivity contribution in [2.24, 2.45) is 5.92 Å². The highest BCUT2D eigenvalue weighted by Crippen LogP contribution is 2.43. The first-order valence-corrected chi connectivity index (χ1v) is 11.3. The topological polar surface area (TPSA) is 58.6 Å². The maximum absolute atomic E-state index is 13.8. The first-order chi connectivity index (χ1) is 14.9. The highest BCUT2D eigenvalue weighted by atomic mass is 16.5. The van der Waals surface area contributed by atoms with Gasteiger partial charge in [0.15, 0.2) is 0 Å². The van der Waals surface area contributed by atoms with E-state index in [0.29, 0.717) is 11.5 Å². The van der Waals surface area contributed by atoms with Gasteiger partial charge in [-0.2, -0.15) is 0 Å². The van der Waals surface area contributed by atoms with Gasteiger partial charge in [-0.1, -0.05) is 55.5 Å². The first-order valence-electron chi connectivity index (χ1n) is 11.3. The third-order valence-electron chi connectivity index (χ3n) is 6.87. The highest BCUT2D eigenvalue weighted by Gasteiger charge is 2.53. The molecule has 1 aliphatic heterocycles. The second-order valence-corrected chi connectivity index (χ2v) is 9.09. The molecule has 2 atom stereocenters. The molecule has 4 rings (SSSR count). The Balaban J connectivity index is 1.62. The van der Waals surface area contributed by atoms with E-state index in [1.807, 2.05) is 68.4 Å². The molecule has 0 aromatic heterocycles. The predicted octanol–water partition coefficient (Wildman–Crippen LogP) is 4.62. The van der Waals surface area contributed by atoms with Crippen LogP contribution in [0.3, 0.4) is 0 Å². The summed E-state index contributed by atoms with van der Waals surface area (Å²) in [5, 5.41) is 3.11. The molecule has 0 unspecified atom stereocenters. The van der Waals surface area contributed by atoms with Crippen molar-refractivity contribution in [1.82, 2.24) is 10.2 Å². The van der Waals surface area contributed by atoms with Crippen LogP contribution >= 0.6 is 0 Å². The Labute approximate surface area is 184 Å². The number of rotatable bonds is 4. The maximum Gasteiger partial charge on any atom is 0.257 e. The Morgan fingerprint density at radius 1 is 1.06 bits per heavy atom. The van der Waals surface area contributed by atoms with Crippen LogP contribution in [0.25, 0.3) is 0 Å². The number of ether oxygens (including phenoxy) is 1. The predicted molar refractivity (Wildman–Crippen MR) is 120 cm³/mol. The summed E-state index contributed by atoms with van der Waals surface area (Å²) in [7, 11) is 0. The Kier molecular flexibility index (Phi) is 6.15. The molecule has 1 aliphatic carbocycles. The molecule has 1 saturated heterocycles. The largest absolute Gasteiger partial charge is 0.353 e. The number of carbonyl (C=O) groups is 2. The van der Waals surface area contributed by atoms with Crippen LogP contribution in [-0.2, 0) is 9.53 Å². The van der Waals surface area contributed by atoms with E-state index in [1.165, 1.54) is 0 Å². The van der Waals surface area contributed by atoms with Gasteiger partial charge in [0.05, 0.1) is 12.6 Å². The van der Waals surface area contributed by atoms with Gasteiger partial charge in [-0.3, -0.25) is 14.5 Å². The number of carbonyl (C=O) groups excluding carboxylic acids is 2. The summed E-state index contributed by atoms with van der Waals surface area (Å²) >= 11 is 0. The normalized spacial score (nSPS) is 26.6. The molecule has 2 fully saturated rings. The van der Waals surface area contributed by atoms with Crippen molar-refractivity contribution in [3.8, 4) is 0 Å². The van der Waals surface area contributed by atoms with Gasteiger partial charge in [0.25, 0.3) is 5.91 Å². The smallest absolute Gasteiger partial charge is 0.257 e. The van der Waals surface area contributed by atoms with Crippen LogP contribution in [0.15, 0.2) is 54.6 Å². The minimum absolute atomic E-state index is 0.113. The molecule has 1 heterocycles. The molecule has 5 heteroatoms. The van der Waals surface area contributed by atoms with E-state index in [1.54, 1.807) is 4.90 Å². The molecule has 2 amide bonds. The van der Waals surface area contributed by atoms with Crippen LogP contribution in [0, 0.1) is 12.8 Å². The molecule has 5 nitrogen and oxygen atoms in total. The number of amides is 2. The molecule has 1 N–H and O–H groups in total. The van der Waals surface area contributed by atoms with E-state index in [0.717, 1.165) is 36.8 Å². The lowest BCUT2D eigenvalue weighted by Crippen LogP contribution is -2.57. The lowest BCUT2D eigenvalue weighted by atomic mass is 9.83. The van der Waals surface area contributed by atoms with E-state index < -0.39 is 11.8 Å². The zero-order chi connectivity index (χ0) is 22.0. The zero-order valence-electron chi connectivity index (χ0n) is 18.6. The Hall–Kier alpha value is -2.66. The van der Waals surface area contributed by atoms with Crippen molar-refractivity contribution >= 4 is 11.8 Å². The van der Waals surface area contributed by atoms with E-state index in [4.69, 9.17) is 4.74 Å². The first kappa shape index (κ1) is 21.6. The molecule has 0 bridgehead atoms. The average Bonchev–Trinajstić information content (AvgIpc) is 3.15. The van der Waals surface area contributed by atoms with E-state index in [2.05, 4.69) is 12.2 Å². The van der Waals surface area contributed by atoms with Crippen LogP contribution in [0.4, 0.5) is 0 Å². The summed E-state index contributed by atoms with van der Waals surface area (Å²) < 4.78 is 6.29. The van der Waals surface area contributed by atoms with E-state index >= 15 is 0 Å². The Morgan fingerprint density at radius 3 is 2.39 bits per heavy atom. The molecule has 2 aromatic carbocycles. The van der Waals surface area contributed by atoms with E-state index in [-0.39, 0.29) is 24.5 Å². The molecular formula is C26H32N2O3. The Bertz CT molecular complexity index is 935. The van der Waals surface area contributed by atoms with Crippen molar-refractivity contribution < 1.29 is 14.3 Å². The third kappa shape index (κ3) is 4.24. The van der Waals surface area contributed by atoms with Crippen LogP contribution in [0.2, 0.25) is 0 Å². The second-order valence-electron chi connectivity index (χ2n) is 9.09. The molecule has 2 aromatic rings. The lowest BCUT2D eigenvalue weighted by Gasteiger charge is -2.43. The molecular weight excluding hydrogens is 388 g/mol. The third-order valence-corrected chi connectivity index (χ3v) is 6.87. The highest BCUT2D eigenvalue weighted by molar-refractivity contribution is 5.99. The van der Waals surface area contributed by atoms with Crippen molar-refractivity contribution in [2.45, 2.75) is 64.3 Å². The minimum atomic E-state index is -0.691. The zero-order valence-corrected chi connectivity index (χ0v) is 18.6. The number of hydrogen-bond donors (Lipinski definition) is 1. The summed E-state index contributed by atoms with van der Waals surface area (Å²) in [6, 6.07) is 16.7. The van der Waals surface area contributed by atoms with Gasteiger partial charge < -0.3 is 10.1 Å². The molecule has 1 saturated carbocycles. The molecule has 1 spiro atoms. The minimum Gasteiger partial charge on any atom is -0.353 e. The van der Waals surface area contributed by atoms with E-state index in [9.17, 15) is 9.59 Å². The molecule has 164 valence electrons. The number of benzene rings is 2. The summed E-state index contributed by atoms with van der Waals surface area (Å²) in [6.45, 7) is 6.38. The summed E-state index contributed by atoms with van der Waals surface area (Å²) in [6.07, 6.45) is 3.52. The van der Waals surface area contributed by atoms with Crippen molar-refractivity contribution in [2.75, 3.05) is 6.61 Å². The molecule has 2 aliphatic rings. The van der Waals surface area contributed by atoms with Crippen molar-refractivity contribution in [1.29, 1.82) is 0 Å². The van der Waals surface area contributed by atoms with Gasteiger partial charge in [-0.25, -0.2) is 0 Å². The monoisotopic (exact) mass is 420 g/mol. The second kappa shape index (κ2) is 8.83. The van der Waals surface area contributed by atoms with Gasteiger partial charge in [0.1, 0.15) is 11.8 Å². The molecule has 31 heavy (non-hydrogen) atoms. The van der Waals surface area contributed by atoms with Gasteiger partial charge in [0, 0.05) is 5.56 Å². The standard InChI is InChI=1S/C26H32N2O3/c1-18-13-15-26(16-14-18)28(25(30)22-12-8-7-9-19(22)2)23(17-31-26)24(29)27-20(3)21-10-5-4-6-11-21/h4-12,18,20,23H,13-17H2,1-3H3,(H,27,29)/t18?,20-,23-,26?/m0/s1. The summed E-state index contributed by atoms with van der Waals surface area (Å²) in [5.74, 6) is 0.335. The lowest BCUT2D eigenvalue weighted by molar-refractivity contribution is -0.128. The fraction of sp³-hybridized carbons (Fsp3) is 0.462. The number of nitrogens with zero attached hydrogens (tertiary/aromatic N) is 1. The Morgan fingerprint density at radius 2 is 1.71 bits per heavy atom. The van der Waals surface area contributed by atoms with Crippen LogP contribution in [0.1, 0.15) is 67.1 Å². The number of aryl methyl sites for hydroxylation is 1. The number of hydrogen-bond acceptors (Lipinski definition) is 3. The van der Waals surface area contributed by atoms with Crippen LogP contribution in [-0.4, -0.2) is 35.1 Å². The fourth-order valence-corrected chi connectivity index (χ4v) is 4.86. The fourth-order valence-electron chi connectivity index (χ4n) is 4.86. The summed E-state index contributed by atoms with van der Waals surface area (Å²) in [5.41, 5.74) is 1.90.